The first-order chi connectivity index (χ1) is 15.9. The van der Waals surface area contributed by atoms with E-state index in [1.54, 1.807) is 0 Å². The zero-order valence-electron chi connectivity index (χ0n) is 19.3. The van der Waals surface area contributed by atoms with Crippen LogP contribution in [0.3, 0.4) is 0 Å². The van der Waals surface area contributed by atoms with Crippen LogP contribution in [0.5, 0.6) is 0 Å². The van der Waals surface area contributed by atoms with Gasteiger partial charge >= 0.3 is 0 Å². The van der Waals surface area contributed by atoms with Gasteiger partial charge in [-0.05, 0) is 65.6 Å². The first-order valence-electron chi connectivity index (χ1n) is 11.7. The molecule has 3 aromatic carbocycles. The zero-order valence-corrected chi connectivity index (χ0v) is 20.0. The number of rotatable bonds is 6. The maximum absolute atomic E-state index is 13.4. The van der Waals surface area contributed by atoms with Crippen molar-refractivity contribution in [2.45, 2.75) is 45.1 Å². The molecule has 0 bridgehead atoms. The van der Waals surface area contributed by atoms with Gasteiger partial charge in [-0.25, -0.2) is 0 Å². The smallest absolute Gasteiger partial charge is 0.252 e. The van der Waals surface area contributed by atoms with Crippen LogP contribution < -0.4 is 5.32 Å². The summed E-state index contributed by atoms with van der Waals surface area (Å²) >= 11 is 6.02. The number of hydrogen-bond acceptors (Lipinski definition) is 2. The summed E-state index contributed by atoms with van der Waals surface area (Å²) in [5.41, 5.74) is 1.88. The summed E-state index contributed by atoms with van der Waals surface area (Å²) in [6.45, 7) is 5.56. The molecule has 5 heteroatoms. The van der Waals surface area contributed by atoms with Crippen LogP contribution in [-0.2, 0) is 4.79 Å². The number of fused-ring (bicyclic) bond motifs is 1. The van der Waals surface area contributed by atoms with Gasteiger partial charge in [0.2, 0.25) is 5.91 Å². The molecular weight excluding hydrogens is 432 g/mol. The van der Waals surface area contributed by atoms with Gasteiger partial charge in [-0.15, -0.1) is 0 Å². The molecule has 172 valence electrons. The van der Waals surface area contributed by atoms with E-state index in [9.17, 15) is 9.59 Å². The first-order valence-corrected chi connectivity index (χ1v) is 12.1. The third-order valence-electron chi connectivity index (χ3n) is 6.49. The predicted molar refractivity (Wildman–Crippen MR) is 135 cm³/mol. The Hall–Kier alpha value is -2.85. The number of halogens is 1. The number of piperidine rings is 1. The van der Waals surface area contributed by atoms with Gasteiger partial charge in [-0.3, -0.25) is 9.59 Å². The fourth-order valence-corrected chi connectivity index (χ4v) is 4.87. The van der Waals surface area contributed by atoms with E-state index < -0.39 is 6.04 Å². The van der Waals surface area contributed by atoms with Gasteiger partial charge < -0.3 is 10.2 Å². The van der Waals surface area contributed by atoms with E-state index in [1.165, 1.54) is 5.56 Å². The van der Waals surface area contributed by atoms with E-state index in [0.717, 1.165) is 28.6 Å². The molecule has 1 aliphatic heterocycles. The lowest BCUT2D eigenvalue weighted by molar-refractivity contribution is -0.134. The minimum Gasteiger partial charge on any atom is -0.341 e. The topological polar surface area (TPSA) is 49.4 Å². The lowest BCUT2D eigenvalue weighted by Gasteiger charge is -2.35. The third kappa shape index (κ3) is 5.56. The normalized spacial score (nSPS) is 15.6. The maximum Gasteiger partial charge on any atom is 0.252 e. The van der Waals surface area contributed by atoms with Crippen molar-refractivity contribution in [3.05, 3.63) is 82.9 Å². The summed E-state index contributed by atoms with van der Waals surface area (Å²) in [6.07, 6.45) is 2.45. The molecule has 1 saturated heterocycles. The summed E-state index contributed by atoms with van der Waals surface area (Å²) in [5, 5.41) is 5.71. The Kier molecular flexibility index (Phi) is 7.34. The standard InChI is InChI=1S/C28H31ClN2O2/c1-19(2)18-26(30-27(32)25-9-5-7-22-6-3-4-8-24(22)25)28(33)31-16-14-21(15-17-31)20-10-12-23(29)13-11-20/h3-13,19,21,26H,14-18H2,1-2H3,(H,30,32). The number of benzene rings is 3. The van der Waals surface area contributed by atoms with E-state index in [0.29, 0.717) is 36.9 Å². The molecule has 4 rings (SSSR count). The summed E-state index contributed by atoms with van der Waals surface area (Å²) in [5.74, 6) is 0.548. The highest BCUT2D eigenvalue weighted by Crippen LogP contribution is 2.29. The van der Waals surface area contributed by atoms with Crippen LogP contribution in [-0.4, -0.2) is 35.8 Å². The Labute approximate surface area is 200 Å². The van der Waals surface area contributed by atoms with Crippen molar-refractivity contribution in [3.63, 3.8) is 0 Å². The van der Waals surface area contributed by atoms with Crippen molar-refractivity contribution in [3.8, 4) is 0 Å². The Morgan fingerprint density at radius 2 is 1.64 bits per heavy atom. The van der Waals surface area contributed by atoms with Gasteiger partial charge in [-0.2, -0.15) is 0 Å². The summed E-state index contributed by atoms with van der Waals surface area (Å²) in [4.78, 5) is 28.6. The Balaban J connectivity index is 1.45. The molecule has 1 atom stereocenters. The largest absolute Gasteiger partial charge is 0.341 e. The van der Waals surface area contributed by atoms with Crippen LogP contribution in [0.4, 0.5) is 0 Å². The summed E-state index contributed by atoms with van der Waals surface area (Å²) in [7, 11) is 0. The van der Waals surface area contributed by atoms with Gasteiger partial charge in [0.1, 0.15) is 6.04 Å². The fraction of sp³-hybridized carbons (Fsp3) is 0.357. The van der Waals surface area contributed by atoms with Crippen LogP contribution in [0.1, 0.15) is 54.9 Å². The van der Waals surface area contributed by atoms with Crippen molar-refractivity contribution in [1.29, 1.82) is 0 Å². The van der Waals surface area contributed by atoms with Crippen LogP contribution in [0, 0.1) is 5.92 Å². The molecule has 4 nitrogen and oxygen atoms in total. The second-order valence-electron chi connectivity index (χ2n) is 9.33. The van der Waals surface area contributed by atoms with E-state index in [-0.39, 0.29) is 11.8 Å². The SMILES string of the molecule is CC(C)CC(NC(=O)c1cccc2ccccc12)C(=O)N1CCC(c2ccc(Cl)cc2)CC1. The Morgan fingerprint density at radius 1 is 0.970 bits per heavy atom. The average Bonchev–Trinajstić information content (AvgIpc) is 2.83. The Morgan fingerprint density at radius 3 is 2.33 bits per heavy atom. The minimum atomic E-state index is -0.524. The number of nitrogens with one attached hydrogen (secondary N) is 1. The van der Waals surface area contributed by atoms with E-state index >= 15 is 0 Å². The van der Waals surface area contributed by atoms with Gasteiger partial charge in [-0.1, -0.05) is 74.0 Å². The van der Waals surface area contributed by atoms with Crippen LogP contribution >= 0.6 is 11.6 Å². The quantitative estimate of drug-likeness (QED) is 0.485. The molecule has 1 fully saturated rings. The number of nitrogens with zero attached hydrogens (tertiary/aromatic N) is 1. The molecular formula is C28H31ClN2O2. The van der Waals surface area contributed by atoms with Gasteiger partial charge in [0.05, 0.1) is 0 Å². The zero-order chi connectivity index (χ0) is 23.4. The molecule has 0 radical (unpaired) electrons. The summed E-state index contributed by atoms with van der Waals surface area (Å²) in [6, 6.07) is 21.0. The van der Waals surface area contributed by atoms with Gasteiger partial charge in [0, 0.05) is 23.7 Å². The van der Waals surface area contributed by atoms with Crippen molar-refractivity contribution >= 4 is 34.2 Å². The molecule has 1 heterocycles. The molecule has 0 spiro atoms. The average molecular weight is 463 g/mol. The molecule has 0 saturated carbocycles. The van der Waals surface area contributed by atoms with Gasteiger partial charge in [0.25, 0.3) is 5.91 Å². The first kappa shape index (κ1) is 23.3. The van der Waals surface area contributed by atoms with Crippen molar-refractivity contribution in [2.75, 3.05) is 13.1 Å². The molecule has 0 aliphatic carbocycles. The number of likely N-dealkylation sites (tertiary alicyclic amines) is 1. The van der Waals surface area contributed by atoms with Crippen molar-refractivity contribution < 1.29 is 9.59 Å². The van der Waals surface area contributed by atoms with Crippen LogP contribution in [0.15, 0.2) is 66.7 Å². The van der Waals surface area contributed by atoms with Gasteiger partial charge in [0.15, 0.2) is 0 Å². The van der Waals surface area contributed by atoms with Crippen molar-refractivity contribution in [1.82, 2.24) is 10.2 Å². The highest BCUT2D eigenvalue weighted by atomic mass is 35.5. The molecule has 1 N–H and O–H groups in total. The third-order valence-corrected chi connectivity index (χ3v) is 6.74. The monoisotopic (exact) mass is 462 g/mol. The maximum atomic E-state index is 13.4. The number of amides is 2. The second-order valence-corrected chi connectivity index (χ2v) is 9.77. The number of hydrogen-bond donors (Lipinski definition) is 1. The second kappa shape index (κ2) is 10.4. The molecule has 1 aliphatic rings. The molecule has 33 heavy (non-hydrogen) atoms. The molecule has 3 aromatic rings. The lowest BCUT2D eigenvalue weighted by Crippen LogP contribution is -2.51. The fourth-order valence-electron chi connectivity index (χ4n) is 4.74. The summed E-state index contributed by atoms with van der Waals surface area (Å²) < 4.78 is 0. The predicted octanol–water partition coefficient (Wildman–Crippen LogP) is 6.04. The van der Waals surface area contributed by atoms with Crippen LogP contribution in [0.25, 0.3) is 10.8 Å². The number of carbonyl (C=O) groups excluding carboxylic acids is 2. The molecule has 1 unspecified atom stereocenters. The number of carbonyl (C=O) groups is 2. The van der Waals surface area contributed by atoms with E-state index in [4.69, 9.17) is 11.6 Å². The highest BCUT2D eigenvalue weighted by molar-refractivity contribution is 6.30. The van der Waals surface area contributed by atoms with Crippen LogP contribution in [0.2, 0.25) is 5.02 Å². The van der Waals surface area contributed by atoms with E-state index in [2.05, 4.69) is 31.3 Å². The molecule has 2 amide bonds. The Bertz CT molecular complexity index is 1110. The molecule has 0 aromatic heterocycles. The van der Waals surface area contributed by atoms with E-state index in [1.807, 2.05) is 59.5 Å². The van der Waals surface area contributed by atoms with Crippen molar-refractivity contribution in [2.24, 2.45) is 5.92 Å². The minimum absolute atomic E-state index is 0.0202. The lowest BCUT2D eigenvalue weighted by atomic mass is 9.89. The highest BCUT2D eigenvalue weighted by Gasteiger charge is 2.30.